The summed E-state index contributed by atoms with van der Waals surface area (Å²) in [4.78, 5) is 75.9. The second-order valence-electron chi connectivity index (χ2n) is 11.4. The van der Waals surface area contributed by atoms with Gasteiger partial charge in [0.2, 0.25) is 35.4 Å². The summed E-state index contributed by atoms with van der Waals surface area (Å²) < 4.78 is 0. The van der Waals surface area contributed by atoms with Crippen molar-refractivity contribution in [2.45, 2.75) is 116 Å². The Morgan fingerprint density at radius 2 is 1.16 bits per heavy atom. The van der Waals surface area contributed by atoms with Gasteiger partial charge in [-0.3, -0.25) is 28.8 Å². The molecule has 15 nitrogen and oxygen atoms in total. The van der Waals surface area contributed by atoms with Crippen molar-refractivity contribution in [2.75, 3.05) is 19.6 Å². The van der Waals surface area contributed by atoms with Crippen molar-refractivity contribution in [3.63, 3.8) is 0 Å². The fourth-order valence-electron chi connectivity index (χ4n) is 4.28. The van der Waals surface area contributed by atoms with Crippen LogP contribution >= 0.6 is 0 Å². The summed E-state index contributed by atoms with van der Waals surface area (Å²) in [6, 6.07) is -4.64. The Morgan fingerprint density at radius 3 is 1.68 bits per heavy atom. The molecule has 44 heavy (non-hydrogen) atoms. The van der Waals surface area contributed by atoms with Gasteiger partial charge in [-0.15, -0.1) is 0 Å². The highest BCUT2D eigenvalue weighted by Crippen LogP contribution is 2.10. The molecule has 15 heteroatoms. The highest BCUT2D eigenvalue weighted by atomic mass is 16.2. The average Bonchev–Trinajstić information content (AvgIpc) is 2.99. The number of unbranched alkanes of at least 4 members (excludes halogenated alkanes) is 2. The van der Waals surface area contributed by atoms with Crippen molar-refractivity contribution in [3.05, 3.63) is 0 Å². The Kier molecular flexibility index (Phi) is 20.6. The summed E-state index contributed by atoms with van der Waals surface area (Å²) in [7, 11) is 0. The third-order valence-electron chi connectivity index (χ3n) is 7.69. The minimum atomic E-state index is -1.05. The van der Waals surface area contributed by atoms with Crippen LogP contribution in [0.25, 0.3) is 0 Å². The Morgan fingerprint density at radius 1 is 0.636 bits per heavy atom. The fraction of sp³-hybridized carbons (Fsp3) is 0.793. The van der Waals surface area contributed by atoms with Gasteiger partial charge in [-0.25, -0.2) is 0 Å². The molecule has 13 N–H and O–H groups in total. The summed E-state index contributed by atoms with van der Waals surface area (Å²) >= 11 is 0. The van der Waals surface area contributed by atoms with E-state index >= 15 is 0 Å². The molecule has 0 aromatic rings. The van der Waals surface area contributed by atoms with Gasteiger partial charge < -0.3 is 49.5 Å². The summed E-state index contributed by atoms with van der Waals surface area (Å²) in [6.07, 6.45) is 4.45. The number of carbonyl (C=O) groups is 6. The number of rotatable bonds is 23. The molecule has 0 aromatic carbocycles. The van der Waals surface area contributed by atoms with Gasteiger partial charge in [-0.05, 0) is 64.0 Å². The Hall–Kier alpha value is -3.30. The van der Waals surface area contributed by atoms with Crippen LogP contribution in [0.3, 0.4) is 0 Å². The lowest BCUT2D eigenvalue weighted by molar-refractivity contribution is -0.134. The molecule has 0 bridgehead atoms. The molecule has 0 rings (SSSR count). The summed E-state index contributed by atoms with van der Waals surface area (Å²) in [5.74, 6) is -4.00. The topological polar surface area (TPSA) is 267 Å². The highest BCUT2D eigenvalue weighted by Gasteiger charge is 2.30. The molecule has 254 valence electrons. The van der Waals surface area contributed by atoms with Gasteiger partial charge in [0.1, 0.15) is 24.2 Å². The van der Waals surface area contributed by atoms with E-state index in [1.165, 1.54) is 6.92 Å². The van der Waals surface area contributed by atoms with Crippen molar-refractivity contribution < 1.29 is 28.8 Å². The molecule has 0 unspecified atom stereocenters. The van der Waals surface area contributed by atoms with Crippen LogP contribution in [0.4, 0.5) is 0 Å². The highest BCUT2D eigenvalue weighted by molar-refractivity contribution is 5.95. The van der Waals surface area contributed by atoms with Gasteiger partial charge in [0.25, 0.3) is 0 Å². The van der Waals surface area contributed by atoms with Crippen LogP contribution in [0.5, 0.6) is 0 Å². The molecule has 0 heterocycles. The predicted molar refractivity (Wildman–Crippen MR) is 168 cm³/mol. The van der Waals surface area contributed by atoms with Crippen molar-refractivity contribution in [2.24, 2.45) is 34.8 Å². The van der Waals surface area contributed by atoms with Gasteiger partial charge in [0.05, 0.1) is 12.6 Å². The van der Waals surface area contributed by atoms with Crippen LogP contribution in [0.1, 0.15) is 86.0 Å². The zero-order chi connectivity index (χ0) is 33.8. The van der Waals surface area contributed by atoms with E-state index in [0.717, 1.165) is 6.42 Å². The van der Waals surface area contributed by atoms with E-state index in [4.69, 9.17) is 22.9 Å². The third-order valence-corrected chi connectivity index (χ3v) is 7.69. The van der Waals surface area contributed by atoms with Crippen molar-refractivity contribution in [1.82, 2.24) is 26.6 Å². The zero-order valence-electron chi connectivity index (χ0n) is 27.1. The average molecular weight is 628 g/mol. The van der Waals surface area contributed by atoms with Crippen LogP contribution in [0.15, 0.2) is 0 Å². The lowest BCUT2D eigenvalue weighted by Gasteiger charge is -2.26. The predicted octanol–water partition coefficient (Wildman–Crippen LogP) is -1.78. The molecular weight excluding hydrogens is 570 g/mol. The molecular formula is C29H57N9O6. The molecule has 0 aliphatic carbocycles. The first-order valence-corrected chi connectivity index (χ1v) is 15.7. The maximum absolute atomic E-state index is 13.0. The van der Waals surface area contributed by atoms with Crippen molar-refractivity contribution in [1.29, 1.82) is 0 Å². The van der Waals surface area contributed by atoms with Gasteiger partial charge in [-0.1, -0.05) is 47.0 Å². The first-order chi connectivity index (χ1) is 20.7. The second-order valence-corrected chi connectivity index (χ2v) is 11.4. The van der Waals surface area contributed by atoms with Crippen LogP contribution in [0, 0.1) is 11.8 Å². The molecule has 0 aromatic heterocycles. The summed E-state index contributed by atoms with van der Waals surface area (Å²) in [5, 5.41) is 12.9. The maximum atomic E-state index is 13.0. The second kappa shape index (κ2) is 22.2. The maximum Gasteiger partial charge on any atom is 0.243 e. The number of amides is 6. The molecule has 0 saturated carbocycles. The van der Waals surface area contributed by atoms with Crippen LogP contribution < -0.4 is 49.5 Å². The Bertz CT molecular complexity index is 935. The smallest absolute Gasteiger partial charge is 0.243 e. The third kappa shape index (κ3) is 15.4. The van der Waals surface area contributed by atoms with Crippen LogP contribution in [-0.2, 0) is 28.8 Å². The number of hydrogen-bond acceptors (Lipinski definition) is 9. The Balaban J connectivity index is 5.22. The van der Waals surface area contributed by atoms with E-state index in [0.29, 0.717) is 51.6 Å². The monoisotopic (exact) mass is 627 g/mol. The SMILES string of the molecule is CC[C@H](C)[C@H](NC(=O)[C@H](CCCCN)NC(=O)[C@H](C)NC(=O)CNC(=O)[C@@H](NC(=O)[C@@H](N)CCCCN)[C@@H](C)CC)C(N)=O. The lowest BCUT2D eigenvalue weighted by Crippen LogP contribution is -2.58. The van der Waals surface area contributed by atoms with Gasteiger partial charge in [0.15, 0.2) is 0 Å². The molecule has 0 aliphatic rings. The van der Waals surface area contributed by atoms with E-state index in [2.05, 4.69) is 26.6 Å². The fourth-order valence-corrected chi connectivity index (χ4v) is 4.28. The first kappa shape index (κ1) is 40.7. The lowest BCUT2D eigenvalue weighted by atomic mass is 9.97. The number of primary amides is 1. The normalized spacial score (nSPS) is 15.8. The molecule has 0 spiro atoms. The van der Waals surface area contributed by atoms with E-state index < -0.39 is 72.2 Å². The number of nitrogens with one attached hydrogen (secondary N) is 5. The number of nitrogens with two attached hydrogens (primary N) is 4. The summed E-state index contributed by atoms with van der Waals surface area (Å²) in [5.41, 5.74) is 22.5. The molecule has 0 radical (unpaired) electrons. The first-order valence-electron chi connectivity index (χ1n) is 15.7. The molecule has 0 aliphatic heterocycles. The van der Waals surface area contributed by atoms with Crippen LogP contribution in [0.2, 0.25) is 0 Å². The van der Waals surface area contributed by atoms with Crippen molar-refractivity contribution in [3.8, 4) is 0 Å². The van der Waals surface area contributed by atoms with Gasteiger partial charge in [-0.2, -0.15) is 0 Å². The molecule has 7 atom stereocenters. The molecule has 0 fully saturated rings. The number of carbonyl (C=O) groups excluding carboxylic acids is 6. The minimum Gasteiger partial charge on any atom is -0.368 e. The zero-order valence-corrected chi connectivity index (χ0v) is 27.1. The summed E-state index contributed by atoms with van der Waals surface area (Å²) in [6.45, 7) is 9.20. The minimum absolute atomic E-state index is 0.212. The van der Waals surface area contributed by atoms with E-state index in [-0.39, 0.29) is 18.3 Å². The van der Waals surface area contributed by atoms with E-state index in [1.54, 1.807) is 13.8 Å². The van der Waals surface area contributed by atoms with E-state index in [9.17, 15) is 28.8 Å². The largest absolute Gasteiger partial charge is 0.368 e. The Labute approximate surface area is 261 Å². The molecule has 6 amide bonds. The van der Waals surface area contributed by atoms with Gasteiger partial charge in [0, 0.05) is 0 Å². The quantitative estimate of drug-likeness (QED) is 0.0579. The standard InChI is InChI=1S/C29H57N9O6/c1-6-17(3)23(25(33)40)37-28(43)21(13-9-11-15-31)36-26(41)19(5)35-22(39)16-34-29(44)24(18(4)7-2)38-27(42)20(32)12-8-10-14-30/h17-21,23-24H,6-16,30-32H2,1-5H3,(H2,33,40)(H,34,44)(H,35,39)(H,36,41)(H,37,43)(H,38,42)/t17-,18-,19-,20-,21-,23-,24-/m0/s1. The van der Waals surface area contributed by atoms with Gasteiger partial charge >= 0.3 is 0 Å². The van der Waals surface area contributed by atoms with E-state index in [1.807, 2.05) is 13.8 Å². The van der Waals surface area contributed by atoms with Crippen molar-refractivity contribution >= 4 is 35.4 Å². The number of hydrogen-bond donors (Lipinski definition) is 9. The van der Waals surface area contributed by atoms with Crippen LogP contribution in [-0.4, -0.2) is 85.3 Å². The molecule has 0 saturated heterocycles.